The number of carboxylic acids is 1. The highest BCUT2D eigenvalue weighted by Gasteiger charge is 2.54. The summed E-state index contributed by atoms with van der Waals surface area (Å²) < 4.78 is 33.7. The minimum atomic E-state index is -5.13. The van der Waals surface area contributed by atoms with Crippen molar-refractivity contribution in [2.24, 2.45) is 15.9 Å². The first-order valence-electron chi connectivity index (χ1n) is 12.9. The van der Waals surface area contributed by atoms with Crippen molar-refractivity contribution in [3.63, 3.8) is 0 Å². The number of amides is 4. The number of carbonyl (C=O) groups excluding carboxylic acids is 3. The quantitative estimate of drug-likeness (QED) is 0.0394. The van der Waals surface area contributed by atoms with Crippen molar-refractivity contribution in [2.45, 2.75) is 56.0 Å². The van der Waals surface area contributed by atoms with Crippen LogP contribution in [0.1, 0.15) is 31.4 Å². The predicted octanol–water partition coefficient (Wildman–Crippen LogP) is -2.71. The molecule has 3 aliphatic rings. The Morgan fingerprint density at radius 1 is 1.23 bits per heavy atom. The number of nitrogens with zero attached hydrogens (tertiary/aromatic N) is 4. The van der Waals surface area contributed by atoms with Crippen LogP contribution in [0.2, 0.25) is 0 Å². The molecule has 1 saturated carbocycles. The molecular formula is C22H28N8O12S2. The highest BCUT2D eigenvalue weighted by atomic mass is 32.2. The molecule has 2 fully saturated rings. The molecule has 4 rings (SSSR count). The third-order valence-electron chi connectivity index (χ3n) is 7.04. The SMILES string of the molecule is NC1=NC(/C(=N/OC2(C(=O)O)CCCC2)C(=O)N[C@@H]2C(=O)N(S(=O)(=O)O)[C@@H]2CNC(=O)NCc2cc(=O)c(O)cn2O)CS1. The summed E-state index contributed by atoms with van der Waals surface area (Å²) in [7, 11) is -5.13. The van der Waals surface area contributed by atoms with Crippen molar-refractivity contribution >= 4 is 56.8 Å². The van der Waals surface area contributed by atoms with Gasteiger partial charge in [-0.1, -0.05) is 16.9 Å². The van der Waals surface area contributed by atoms with E-state index in [0.717, 1.165) is 17.8 Å². The van der Waals surface area contributed by atoms with Gasteiger partial charge in [0.1, 0.15) is 12.1 Å². The summed E-state index contributed by atoms with van der Waals surface area (Å²) in [6, 6.07) is -4.24. The standard InChI is InChI=1S/C22H28N8O12S2/c23-20-26-11(9-43-20)15(28-42-22(19(35)36)3-1-2-4-22)17(33)27-16-12(30(18(16)34)44(39,40)41)7-25-21(37)24-6-10-5-13(31)14(32)8-29(10)38/h5,8,11-12,16,32,38H,1-4,6-7,9H2,(H2,23,26)(H,27,33)(H,35,36)(H2,24,25,37)(H,39,40,41)/b28-15-/t11?,12-,16+/m1/s1. The Morgan fingerprint density at radius 3 is 2.50 bits per heavy atom. The molecule has 0 aromatic carbocycles. The first kappa shape index (κ1) is 32.3. The Labute approximate surface area is 252 Å². The molecule has 0 radical (unpaired) electrons. The molecule has 240 valence electrons. The number of oxime groups is 1. The second kappa shape index (κ2) is 12.6. The molecule has 1 aromatic rings. The van der Waals surface area contributed by atoms with Crippen molar-refractivity contribution in [3.8, 4) is 5.75 Å². The van der Waals surface area contributed by atoms with E-state index in [1.165, 1.54) is 0 Å². The predicted molar refractivity (Wildman–Crippen MR) is 149 cm³/mol. The van der Waals surface area contributed by atoms with Crippen LogP contribution in [-0.4, -0.2) is 108 Å². The lowest BCUT2D eigenvalue weighted by Crippen LogP contribution is -2.75. The lowest BCUT2D eigenvalue weighted by atomic mass is 9.98. The Kier molecular flexibility index (Phi) is 9.25. The van der Waals surface area contributed by atoms with Gasteiger partial charge in [-0.3, -0.25) is 23.9 Å². The van der Waals surface area contributed by atoms with Crippen molar-refractivity contribution in [1.29, 1.82) is 0 Å². The normalized spacial score (nSPS) is 23.0. The number of pyridine rings is 1. The summed E-state index contributed by atoms with van der Waals surface area (Å²) in [6.07, 6.45) is 2.07. The fourth-order valence-corrected chi connectivity index (χ4v) is 6.35. The van der Waals surface area contributed by atoms with Gasteiger partial charge in [0, 0.05) is 31.2 Å². The third-order valence-corrected chi connectivity index (χ3v) is 8.87. The minimum Gasteiger partial charge on any atom is -0.503 e. The molecule has 1 aliphatic carbocycles. The van der Waals surface area contributed by atoms with Crippen LogP contribution in [-0.2, 0) is 36.1 Å². The van der Waals surface area contributed by atoms with Gasteiger partial charge in [0.15, 0.2) is 16.6 Å². The van der Waals surface area contributed by atoms with Gasteiger partial charge in [-0.15, -0.1) is 0 Å². The number of carboxylic acid groups (broad SMARTS) is 1. The zero-order valence-electron chi connectivity index (χ0n) is 22.6. The van der Waals surface area contributed by atoms with Crippen molar-refractivity contribution in [3.05, 3.63) is 28.2 Å². The summed E-state index contributed by atoms with van der Waals surface area (Å²) >= 11 is 1.08. The maximum Gasteiger partial charge on any atom is 0.362 e. The van der Waals surface area contributed by atoms with Gasteiger partial charge in [-0.2, -0.15) is 13.1 Å². The molecular weight excluding hydrogens is 632 g/mol. The number of aromatic hydroxyl groups is 1. The molecule has 22 heteroatoms. The zero-order chi connectivity index (χ0) is 32.4. The van der Waals surface area contributed by atoms with Gasteiger partial charge in [-0.05, 0) is 12.8 Å². The Morgan fingerprint density at radius 2 is 1.91 bits per heavy atom. The molecule has 20 nitrogen and oxygen atoms in total. The molecule has 1 unspecified atom stereocenters. The van der Waals surface area contributed by atoms with E-state index in [-0.39, 0.29) is 33.8 Å². The van der Waals surface area contributed by atoms with Crippen LogP contribution in [0.3, 0.4) is 0 Å². The zero-order valence-corrected chi connectivity index (χ0v) is 24.2. The van der Waals surface area contributed by atoms with E-state index in [1.54, 1.807) is 0 Å². The number of hydrogen-bond acceptors (Lipinski definition) is 14. The number of nitrogens with two attached hydrogens (primary N) is 1. The summed E-state index contributed by atoms with van der Waals surface area (Å²) in [5.41, 5.74) is 2.64. The second-order valence-electron chi connectivity index (χ2n) is 9.92. The number of amidine groups is 1. The molecule has 44 heavy (non-hydrogen) atoms. The smallest absolute Gasteiger partial charge is 0.362 e. The number of aliphatic imine (C=N–C) groups is 1. The van der Waals surface area contributed by atoms with E-state index < -0.39 is 87.8 Å². The number of carbonyl (C=O) groups is 4. The number of thioether (sulfide) groups is 1. The summed E-state index contributed by atoms with van der Waals surface area (Å²) in [4.78, 5) is 71.2. The molecule has 3 heterocycles. The maximum absolute atomic E-state index is 13.3. The summed E-state index contributed by atoms with van der Waals surface area (Å²) in [5.74, 6) is -4.20. The van der Waals surface area contributed by atoms with E-state index in [1.807, 2.05) is 0 Å². The Bertz CT molecular complexity index is 1590. The topological polar surface area (TPSA) is 305 Å². The number of hydrogen-bond donors (Lipinski definition) is 8. The van der Waals surface area contributed by atoms with Crippen molar-refractivity contribution in [1.82, 2.24) is 25.0 Å². The van der Waals surface area contributed by atoms with Gasteiger partial charge in [0.2, 0.25) is 11.0 Å². The van der Waals surface area contributed by atoms with E-state index in [4.69, 9.17) is 10.6 Å². The van der Waals surface area contributed by atoms with E-state index >= 15 is 0 Å². The van der Waals surface area contributed by atoms with Gasteiger partial charge in [0.25, 0.3) is 11.8 Å². The maximum atomic E-state index is 13.3. The van der Waals surface area contributed by atoms with Crippen molar-refractivity contribution < 1.29 is 52.4 Å². The van der Waals surface area contributed by atoms with Gasteiger partial charge in [-0.25, -0.2) is 13.9 Å². The first-order chi connectivity index (χ1) is 20.6. The van der Waals surface area contributed by atoms with Crippen LogP contribution in [0, 0.1) is 0 Å². The average Bonchev–Trinajstić information content (AvgIpc) is 3.60. The lowest BCUT2D eigenvalue weighted by Gasteiger charge is -2.44. The van der Waals surface area contributed by atoms with E-state index in [2.05, 4.69) is 26.1 Å². The van der Waals surface area contributed by atoms with Gasteiger partial charge < -0.3 is 41.9 Å². The molecule has 1 saturated heterocycles. The van der Waals surface area contributed by atoms with Gasteiger partial charge >= 0.3 is 22.3 Å². The number of urea groups is 1. The Hall–Kier alpha value is -4.57. The molecule has 0 bridgehead atoms. The number of nitrogens with one attached hydrogen (secondary N) is 3. The van der Waals surface area contributed by atoms with Gasteiger partial charge in [0.05, 0.1) is 24.5 Å². The third kappa shape index (κ3) is 6.81. The number of aliphatic carboxylic acids is 1. The highest BCUT2D eigenvalue weighted by molar-refractivity contribution is 8.14. The molecule has 0 spiro atoms. The van der Waals surface area contributed by atoms with Crippen LogP contribution in [0.4, 0.5) is 4.79 Å². The van der Waals surface area contributed by atoms with Crippen LogP contribution >= 0.6 is 11.8 Å². The van der Waals surface area contributed by atoms with Crippen LogP contribution in [0.5, 0.6) is 5.75 Å². The average molecular weight is 661 g/mol. The molecule has 2 aliphatic heterocycles. The number of rotatable bonds is 11. The fourth-order valence-electron chi connectivity index (χ4n) is 4.71. The fraction of sp³-hybridized carbons (Fsp3) is 0.500. The molecule has 3 atom stereocenters. The number of β-lactam (4-membered cyclic amide) rings is 1. The number of aromatic nitrogens is 1. The molecule has 9 N–H and O–H groups in total. The first-order valence-corrected chi connectivity index (χ1v) is 15.2. The van der Waals surface area contributed by atoms with Crippen LogP contribution in [0.25, 0.3) is 0 Å². The second-order valence-corrected chi connectivity index (χ2v) is 12.3. The van der Waals surface area contributed by atoms with E-state index in [9.17, 15) is 52.4 Å². The van der Waals surface area contributed by atoms with Crippen molar-refractivity contribution in [2.75, 3.05) is 12.3 Å². The summed E-state index contributed by atoms with van der Waals surface area (Å²) in [6.45, 7) is -1.05. The molecule has 4 amide bonds. The lowest BCUT2D eigenvalue weighted by molar-refractivity contribution is -0.165. The monoisotopic (exact) mass is 660 g/mol. The van der Waals surface area contributed by atoms with Crippen LogP contribution < -0.4 is 27.1 Å². The van der Waals surface area contributed by atoms with Crippen LogP contribution in [0.15, 0.2) is 27.2 Å². The summed E-state index contributed by atoms with van der Waals surface area (Å²) in [5, 5.41) is 39.5. The minimum absolute atomic E-state index is 0.0381. The largest absolute Gasteiger partial charge is 0.503 e. The molecule has 1 aromatic heterocycles. The highest BCUT2D eigenvalue weighted by Crippen LogP contribution is 2.34. The Balaban J connectivity index is 1.47. The van der Waals surface area contributed by atoms with E-state index in [0.29, 0.717) is 23.8 Å².